The summed E-state index contributed by atoms with van der Waals surface area (Å²) in [6.45, 7) is 2.09. The highest BCUT2D eigenvalue weighted by molar-refractivity contribution is 7.89. The maximum atomic E-state index is 14.1. The zero-order valence-electron chi connectivity index (χ0n) is 20.4. The Morgan fingerprint density at radius 2 is 1.62 bits per heavy atom. The molecule has 0 aliphatic carbocycles. The Labute approximate surface area is 214 Å². The van der Waals surface area contributed by atoms with Gasteiger partial charge in [0, 0.05) is 45.3 Å². The number of hydrogen-bond acceptors (Lipinski definition) is 5. The van der Waals surface area contributed by atoms with E-state index in [1.807, 2.05) is 29.2 Å². The molecule has 3 aromatic rings. The number of amides is 1. The minimum Gasteiger partial charge on any atom is -0.495 e. The summed E-state index contributed by atoms with van der Waals surface area (Å²) in [6, 6.07) is 15.6. The molecule has 0 bridgehead atoms. The number of sulfonamides is 1. The number of carbonyl (C=O) groups excluding carboxylic acids is 1. The third-order valence-electron chi connectivity index (χ3n) is 6.95. The monoisotopic (exact) mass is 527 g/mol. The molecule has 2 aliphatic heterocycles. The smallest absolute Gasteiger partial charge is 0.256 e. The topological polar surface area (TPSA) is 70.2 Å². The van der Waals surface area contributed by atoms with Crippen LogP contribution in [0.25, 0.3) is 0 Å². The zero-order chi connectivity index (χ0) is 26.2. The zero-order valence-corrected chi connectivity index (χ0v) is 21.2. The number of carbonyl (C=O) groups is 1. The number of halogens is 2. The van der Waals surface area contributed by atoms with Gasteiger partial charge in [0.15, 0.2) is 0 Å². The maximum Gasteiger partial charge on any atom is 0.256 e. The molecule has 37 heavy (non-hydrogen) atoms. The predicted octanol–water partition coefficient (Wildman–Crippen LogP) is 3.68. The molecule has 0 radical (unpaired) electrons. The standard InChI is InChI=1S/C27H27F2N3O4S/c1-36-26-9-7-22(37(34,35)32-11-10-19-4-2-3-5-20(19)18-32)17-25(26)30-12-14-31(15-13-30)27(33)23-8-6-21(28)16-24(23)29/h2-9,16-17H,10-15,18H2,1H3. The first-order valence-corrected chi connectivity index (χ1v) is 13.5. The fraction of sp³-hybridized carbons (Fsp3) is 0.296. The van der Waals surface area contributed by atoms with Crippen LogP contribution in [0.15, 0.2) is 65.6 Å². The van der Waals surface area contributed by atoms with Crippen LogP contribution in [0, 0.1) is 11.6 Å². The van der Waals surface area contributed by atoms with Gasteiger partial charge >= 0.3 is 0 Å². The average Bonchev–Trinajstić information content (AvgIpc) is 2.92. The summed E-state index contributed by atoms with van der Waals surface area (Å²) in [6.07, 6.45) is 0.656. The van der Waals surface area contributed by atoms with Crippen molar-refractivity contribution in [3.63, 3.8) is 0 Å². The normalized spacial score (nSPS) is 16.4. The van der Waals surface area contributed by atoms with Crippen molar-refractivity contribution in [2.24, 2.45) is 0 Å². The van der Waals surface area contributed by atoms with Crippen molar-refractivity contribution in [1.82, 2.24) is 9.21 Å². The number of benzene rings is 3. The van der Waals surface area contributed by atoms with Gasteiger partial charge < -0.3 is 14.5 Å². The summed E-state index contributed by atoms with van der Waals surface area (Å²) in [4.78, 5) is 16.4. The molecular formula is C27H27F2N3O4S. The lowest BCUT2D eigenvalue weighted by atomic mass is 10.0. The number of nitrogens with zero attached hydrogens (tertiary/aromatic N) is 3. The van der Waals surface area contributed by atoms with Crippen LogP contribution in [0.2, 0.25) is 0 Å². The van der Waals surface area contributed by atoms with E-state index < -0.39 is 27.6 Å². The lowest BCUT2D eigenvalue weighted by molar-refractivity contribution is 0.0742. The second kappa shape index (κ2) is 10.1. The van der Waals surface area contributed by atoms with Crippen LogP contribution in [0.4, 0.5) is 14.5 Å². The molecule has 3 aromatic carbocycles. The van der Waals surface area contributed by atoms with Gasteiger partial charge in [-0.25, -0.2) is 17.2 Å². The molecule has 0 spiro atoms. The van der Waals surface area contributed by atoms with Crippen molar-refractivity contribution in [1.29, 1.82) is 0 Å². The molecule has 1 amide bonds. The minimum atomic E-state index is -3.75. The quantitative estimate of drug-likeness (QED) is 0.507. The second-order valence-corrected chi connectivity index (χ2v) is 11.0. The molecule has 0 N–H and O–H groups in total. The third kappa shape index (κ3) is 4.91. The van der Waals surface area contributed by atoms with Gasteiger partial charge in [0.25, 0.3) is 5.91 Å². The van der Waals surface area contributed by atoms with Crippen molar-refractivity contribution < 1.29 is 26.7 Å². The summed E-state index contributed by atoms with van der Waals surface area (Å²) in [5, 5.41) is 0. The fourth-order valence-electron chi connectivity index (χ4n) is 4.89. The first kappa shape index (κ1) is 25.2. The molecule has 2 heterocycles. The molecule has 0 aromatic heterocycles. The van der Waals surface area contributed by atoms with Crippen LogP contribution in [0.3, 0.4) is 0 Å². The Bertz CT molecular complexity index is 1440. The van der Waals surface area contributed by atoms with Crippen molar-refractivity contribution >= 4 is 21.6 Å². The van der Waals surface area contributed by atoms with Crippen molar-refractivity contribution in [2.75, 3.05) is 44.7 Å². The number of anilines is 1. The lowest BCUT2D eigenvalue weighted by Crippen LogP contribution is -2.49. The van der Waals surface area contributed by atoms with E-state index in [0.717, 1.165) is 23.3 Å². The number of piperazine rings is 1. The second-order valence-electron chi connectivity index (χ2n) is 9.09. The number of ether oxygens (including phenoxy) is 1. The molecule has 0 saturated carbocycles. The van der Waals surface area contributed by atoms with Gasteiger partial charge in [0.1, 0.15) is 17.4 Å². The first-order valence-electron chi connectivity index (χ1n) is 12.0. The lowest BCUT2D eigenvalue weighted by Gasteiger charge is -2.37. The van der Waals surface area contributed by atoms with Crippen molar-refractivity contribution in [2.45, 2.75) is 17.9 Å². The number of fused-ring (bicyclic) bond motifs is 1. The largest absolute Gasteiger partial charge is 0.495 e. The molecule has 0 atom stereocenters. The van der Waals surface area contributed by atoms with E-state index in [2.05, 4.69) is 0 Å². The summed E-state index contributed by atoms with van der Waals surface area (Å²) in [7, 11) is -2.23. The van der Waals surface area contributed by atoms with Crippen LogP contribution >= 0.6 is 0 Å². The van der Waals surface area contributed by atoms with Gasteiger partial charge in [0.05, 0.1) is 23.3 Å². The summed E-state index contributed by atoms with van der Waals surface area (Å²) < 4.78 is 61.4. The summed E-state index contributed by atoms with van der Waals surface area (Å²) in [5.41, 5.74) is 2.60. The average molecular weight is 528 g/mol. The van der Waals surface area contributed by atoms with E-state index in [0.29, 0.717) is 63.2 Å². The van der Waals surface area contributed by atoms with Gasteiger partial charge in [-0.15, -0.1) is 0 Å². The van der Waals surface area contributed by atoms with Crippen LogP contribution < -0.4 is 9.64 Å². The first-order chi connectivity index (χ1) is 17.8. The minimum absolute atomic E-state index is 0.176. The van der Waals surface area contributed by atoms with Gasteiger partial charge in [-0.2, -0.15) is 4.31 Å². The Morgan fingerprint density at radius 3 is 2.32 bits per heavy atom. The van der Waals surface area contributed by atoms with Crippen LogP contribution in [0.5, 0.6) is 5.75 Å². The Morgan fingerprint density at radius 1 is 0.892 bits per heavy atom. The Hall–Kier alpha value is -3.50. The fourth-order valence-corrected chi connectivity index (χ4v) is 6.32. The molecule has 194 valence electrons. The molecule has 5 rings (SSSR count). The van der Waals surface area contributed by atoms with Gasteiger partial charge in [-0.1, -0.05) is 24.3 Å². The molecule has 1 fully saturated rings. The molecule has 2 aliphatic rings. The van der Waals surface area contributed by atoms with Crippen LogP contribution in [-0.2, 0) is 23.0 Å². The maximum absolute atomic E-state index is 14.1. The Balaban J connectivity index is 1.34. The highest BCUT2D eigenvalue weighted by Crippen LogP contribution is 2.34. The predicted molar refractivity (Wildman–Crippen MR) is 135 cm³/mol. The summed E-state index contributed by atoms with van der Waals surface area (Å²) >= 11 is 0. The molecule has 0 unspecified atom stereocenters. The highest BCUT2D eigenvalue weighted by atomic mass is 32.2. The van der Waals surface area contributed by atoms with Crippen LogP contribution in [0.1, 0.15) is 21.5 Å². The van der Waals surface area contributed by atoms with Gasteiger partial charge in [-0.3, -0.25) is 4.79 Å². The summed E-state index contributed by atoms with van der Waals surface area (Å²) in [5.74, 6) is -1.62. The van der Waals surface area contributed by atoms with Crippen molar-refractivity contribution in [3.8, 4) is 5.75 Å². The molecule has 1 saturated heterocycles. The van der Waals surface area contributed by atoms with E-state index in [4.69, 9.17) is 4.74 Å². The Kier molecular flexibility index (Phi) is 6.87. The molecule has 7 nitrogen and oxygen atoms in total. The number of methoxy groups -OCH3 is 1. The third-order valence-corrected chi connectivity index (χ3v) is 8.79. The number of hydrogen-bond donors (Lipinski definition) is 0. The van der Waals surface area contributed by atoms with E-state index >= 15 is 0 Å². The molecular weight excluding hydrogens is 500 g/mol. The SMILES string of the molecule is COc1ccc(S(=O)(=O)N2CCc3ccccc3C2)cc1N1CCN(C(=O)c2ccc(F)cc2F)CC1. The van der Waals surface area contributed by atoms with Gasteiger partial charge in [-0.05, 0) is 47.9 Å². The number of rotatable bonds is 5. The molecule has 10 heteroatoms. The van der Waals surface area contributed by atoms with E-state index in [1.165, 1.54) is 16.3 Å². The van der Waals surface area contributed by atoms with Crippen molar-refractivity contribution in [3.05, 3.63) is 89.0 Å². The van der Waals surface area contributed by atoms with Gasteiger partial charge in [0.2, 0.25) is 10.0 Å². The van der Waals surface area contributed by atoms with E-state index in [9.17, 15) is 22.0 Å². The highest BCUT2D eigenvalue weighted by Gasteiger charge is 2.31. The van der Waals surface area contributed by atoms with E-state index in [-0.39, 0.29) is 10.5 Å². The van der Waals surface area contributed by atoms with Crippen LogP contribution in [-0.4, -0.2) is 63.4 Å². The van der Waals surface area contributed by atoms with E-state index in [1.54, 1.807) is 18.2 Å².